The number of benzene rings is 2. The van der Waals surface area contributed by atoms with Gasteiger partial charge >= 0.3 is 0 Å². The van der Waals surface area contributed by atoms with Crippen molar-refractivity contribution in [1.29, 1.82) is 0 Å². The van der Waals surface area contributed by atoms with Gasteiger partial charge in [0, 0.05) is 12.1 Å². The predicted octanol–water partition coefficient (Wildman–Crippen LogP) is 5.49. The molecule has 2 aromatic rings. The molecular formula is C22H25Cl2N3O6. The maximum atomic E-state index is 12.9. The average molecular weight is 498 g/mol. The molecular weight excluding hydrogens is 473 g/mol. The van der Waals surface area contributed by atoms with Crippen LogP contribution in [-0.4, -0.2) is 45.2 Å². The number of amides is 1. The standard InChI is InChI=1S/C22H25Cl2N3O6/c1-6-32-20-14(23)8-9-15(21(20)33-7-2)25-22(29)19(12(3)28)27-26-16-10-13(30-4)11-17(31-5)18(16)24/h8-11,19H,6-7H2,1-5H3,(H,25,29). The lowest BCUT2D eigenvalue weighted by molar-refractivity contribution is -0.126. The average Bonchev–Trinajstić information content (AvgIpc) is 2.79. The number of hydrogen-bond acceptors (Lipinski definition) is 8. The molecule has 0 radical (unpaired) electrons. The first kappa shape index (κ1) is 26.2. The zero-order chi connectivity index (χ0) is 24.5. The molecule has 0 aromatic heterocycles. The van der Waals surface area contributed by atoms with E-state index in [1.165, 1.54) is 27.2 Å². The van der Waals surface area contributed by atoms with E-state index < -0.39 is 17.7 Å². The van der Waals surface area contributed by atoms with E-state index >= 15 is 0 Å². The van der Waals surface area contributed by atoms with Crippen molar-refractivity contribution < 1.29 is 28.5 Å². The van der Waals surface area contributed by atoms with E-state index in [9.17, 15) is 9.59 Å². The molecule has 1 atom stereocenters. The summed E-state index contributed by atoms with van der Waals surface area (Å²) in [6, 6.07) is 4.73. The molecule has 0 bridgehead atoms. The van der Waals surface area contributed by atoms with E-state index in [0.29, 0.717) is 29.7 Å². The van der Waals surface area contributed by atoms with Crippen LogP contribution >= 0.6 is 23.2 Å². The van der Waals surface area contributed by atoms with Crippen LogP contribution in [0, 0.1) is 0 Å². The molecule has 1 unspecified atom stereocenters. The van der Waals surface area contributed by atoms with E-state index in [0.717, 1.165) is 0 Å². The van der Waals surface area contributed by atoms with Crippen molar-refractivity contribution in [2.75, 3.05) is 32.8 Å². The van der Waals surface area contributed by atoms with E-state index in [4.69, 9.17) is 42.1 Å². The SMILES string of the molecule is CCOc1c(Cl)ccc(NC(=O)C(N=Nc2cc(OC)cc(OC)c2Cl)C(C)=O)c1OCC. The van der Waals surface area contributed by atoms with Gasteiger partial charge in [-0.05, 0) is 32.9 Å². The van der Waals surface area contributed by atoms with Gasteiger partial charge in [-0.25, -0.2) is 0 Å². The van der Waals surface area contributed by atoms with E-state index in [2.05, 4.69) is 15.5 Å². The van der Waals surface area contributed by atoms with Crippen LogP contribution in [0.25, 0.3) is 0 Å². The Hall–Kier alpha value is -3.04. The molecule has 0 spiro atoms. The Balaban J connectivity index is 2.38. The first-order chi connectivity index (χ1) is 15.8. The number of hydrogen-bond donors (Lipinski definition) is 1. The Kier molecular flexibility index (Phi) is 9.74. The zero-order valence-corrected chi connectivity index (χ0v) is 20.4. The molecule has 0 saturated heterocycles. The van der Waals surface area contributed by atoms with Crippen LogP contribution in [0.15, 0.2) is 34.5 Å². The fourth-order valence-corrected chi connectivity index (χ4v) is 3.17. The van der Waals surface area contributed by atoms with Gasteiger partial charge in [-0.15, -0.1) is 0 Å². The van der Waals surface area contributed by atoms with Gasteiger partial charge in [-0.1, -0.05) is 23.2 Å². The highest BCUT2D eigenvalue weighted by molar-refractivity contribution is 6.34. The van der Waals surface area contributed by atoms with E-state index in [1.807, 2.05) is 0 Å². The molecule has 9 nitrogen and oxygen atoms in total. The highest BCUT2D eigenvalue weighted by Gasteiger charge is 2.26. The highest BCUT2D eigenvalue weighted by atomic mass is 35.5. The minimum absolute atomic E-state index is 0.155. The third kappa shape index (κ3) is 6.49. The summed E-state index contributed by atoms with van der Waals surface area (Å²) in [4.78, 5) is 25.1. The van der Waals surface area contributed by atoms with Crippen LogP contribution in [0.1, 0.15) is 20.8 Å². The highest BCUT2D eigenvalue weighted by Crippen LogP contribution is 2.42. The van der Waals surface area contributed by atoms with Crippen LogP contribution in [0.3, 0.4) is 0 Å². The van der Waals surface area contributed by atoms with Gasteiger partial charge in [0.15, 0.2) is 17.3 Å². The smallest absolute Gasteiger partial charge is 0.258 e. The van der Waals surface area contributed by atoms with Crippen molar-refractivity contribution in [3.8, 4) is 23.0 Å². The summed E-state index contributed by atoms with van der Waals surface area (Å²) in [5, 5.41) is 11.0. The number of anilines is 1. The molecule has 0 aliphatic heterocycles. The van der Waals surface area contributed by atoms with Crippen molar-refractivity contribution in [3.63, 3.8) is 0 Å². The number of ether oxygens (including phenoxy) is 4. The first-order valence-electron chi connectivity index (χ1n) is 9.99. The number of ketones is 1. The predicted molar refractivity (Wildman–Crippen MR) is 126 cm³/mol. The molecule has 0 heterocycles. The van der Waals surface area contributed by atoms with Gasteiger partial charge in [0.05, 0.1) is 38.1 Å². The minimum Gasteiger partial charge on any atom is -0.497 e. The Morgan fingerprint density at radius 3 is 2.27 bits per heavy atom. The summed E-state index contributed by atoms with van der Waals surface area (Å²) in [6.45, 7) is 5.44. The number of halogens is 2. The van der Waals surface area contributed by atoms with Crippen molar-refractivity contribution in [2.24, 2.45) is 10.2 Å². The third-order valence-electron chi connectivity index (χ3n) is 4.26. The lowest BCUT2D eigenvalue weighted by atomic mass is 10.2. The Bertz CT molecular complexity index is 1050. The Labute approximate surface area is 202 Å². The molecule has 11 heteroatoms. The van der Waals surface area contributed by atoms with Gasteiger partial charge in [0.2, 0.25) is 6.04 Å². The van der Waals surface area contributed by atoms with Crippen LogP contribution in [-0.2, 0) is 9.59 Å². The first-order valence-corrected chi connectivity index (χ1v) is 10.7. The molecule has 2 aromatic carbocycles. The Morgan fingerprint density at radius 1 is 1.03 bits per heavy atom. The number of carbonyl (C=O) groups excluding carboxylic acids is 2. The molecule has 0 saturated carbocycles. The summed E-state index contributed by atoms with van der Waals surface area (Å²) < 4.78 is 21.6. The van der Waals surface area contributed by atoms with Gasteiger partial charge < -0.3 is 24.3 Å². The summed E-state index contributed by atoms with van der Waals surface area (Å²) in [7, 11) is 2.90. The fourth-order valence-electron chi connectivity index (χ4n) is 2.74. The topological polar surface area (TPSA) is 108 Å². The van der Waals surface area contributed by atoms with Crippen molar-refractivity contribution in [2.45, 2.75) is 26.8 Å². The van der Waals surface area contributed by atoms with Gasteiger partial charge in [0.1, 0.15) is 22.2 Å². The number of methoxy groups -OCH3 is 2. The van der Waals surface area contributed by atoms with Gasteiger partial charge in [-0.3, -0.25) is 9.59 Å². The minimum atomic E-state index is -1.45. The number of azo groups is 1. The molecule has 1 amide bonds. The maximum Gasteiger partial charge on any atom is 0.258 e. The third-order valence-corrected chi connectivity index (χ3v) is 4.94. The normalized spacial score (nSPS) is 11.7. The van der Waals surface area contributed by atoms with Crippen molar-refractivity contribution in [3.05, 3.63) is 34.3 Å². The fraction of sp³-hybridized carbons (Fsp3) is 0.364. The van der Waals surface area contributed by atoms with E-state index in [1.54, 1.807) is 32.0 Å². The molecule has 1 N–H and O–H groups in total. The van der Waals surface area contributed by atoms with Crippen LogP contribution in [0.4, 0.5) is 11.4 Å². The molecule has 0 aliphatic rings. The summed E-state index contributed by atoms with van der Waals surface area (Å²) >= 11 is 12.5. The number of Topliss-reactive ketones (excluding diaryl/α,β-unsaturated/α-hetero) is 1. The van der Waals surface area contributed by atoms with Crippen molar-refractivity contribution in [1.82, 2.24) is 0 Å². The summed E-state index contributed by atoms with van der Waals surface area (Å²) in [6.07, 6.45) is 0. The zero-order valence-electron chi connectivity index (χ0n) is 18.9. The summed E-state index contributed by atoms with van der Waals surface area (Å²) in [5.74, 6) is 0.0111. The van der Waals surface area contributed by atoms with Crippen LogP contribution in [0.5, 0.6) is 23.0 Å². The second-order valence-electron chi connectivity index (χ2n) is 6.50. The lowest BCUT2D eigenvalue weighted by Gasteiger charge is -2.17. The quantitative estimate of drug-likeness (QED) is 0.324. The number of nitrogens with zero attached hydrogens (tertiary/aromatic N) is 2. The van der Waals surface area contributed by atoms with Crippen LogP contribution in [0.2, 0.25) is 10.0 Å². The second kappa shape index (κ2) is 12.3. The van der Waals surface area contributed by atoms with Gasteiger partial charge in [0.25, 0.3) is 5.91 Å². The largest absolute Gasteiger partial charge is 0.497 e. The molecule has 2 rings (SSSR count). The Morgan fingerprint density at radius 2 is 1.70 bits per heavy atom. The van der Waals surface area contributed by atoms with Crippen LogP contribution < -0.4 is 24.3 Å². The van der Waals surface area contributed by atoms with Gasteiger partial charge in [-0.2, -0.15) is 10.2 Å². The van der Waals surface area contributed by atoms with Crippen molar-refractivity contribution >= 4 is 46.3 Å². The second-order valence-corrected chi connectivity index (χ2v) is 7.29. The molecule has 178 valence electrons. The monoisotopic (exact) mass is 497 g/mol. The number of rotatable bonds is 11. The summed E-state index contributed by atoms with van der Waals surface area (Å²) in [5.41, 5.74) is 0.448. The van der Waals surface area contributed by atoms with E-state index in [-0.39, 0.29) is 27.9 Å². The molecule has 33 heavy (non-hydrogen) atoms. The number of nitrogens with one attached hydrogen (secondary N) is 1. The molecule has 0 aliphatic carbocycles. The maximum absolute atomic E-state index is 12.9. The number of carbonyl (C=O) groups is 2. The lowest BCUT2D eigenvalue weighted by Crippen LogP contribution is -2.32. The molecule has 0 fully saturated rings.